The molecule has 0 saturated carbocycles. The highest BCUT2D eigenvalue weighted by atomic mass is 15.1. The van der Waals surface area contributed by atoms with E-state index < -0.39 is 0 Å². The summed E-state index contributed by atoms with van der Waals surface area (Å²) < 4.78 is 7.35. The molecule has 0 aliphatic rings. The lowest BCUT2D eigenvalue weighted by Crippen LogP contribution is -2.01. The Morgan fingerprint density at radius 3 is 1.35 bits per heavy atom. The Bertz CT molecular complexity index is 3030. The van der Waals surface area contributed by atoms with Gasteiger partial charge in [-0.3, -0.25) is 0 Å². The first-order chi connectivity index (χ1) is 25.3. The van der Waals surface area contributed by atoms with Gasteiger partial charge >= 0.3 is 0 Å². The number of fused-ring (bicyclic) bond motifs is 9. The fraction of sp³-hybridized carbons (Fsp3) is 0. The van der Waals surface area contributed by atoms with E-state index in [4.69, 9.17) is 0 Å². The van der Waals surface area contributed by atoms with Crippen LogP contribution >= 0.6 is 0 Å². The van der Waals surface area contributed by atoms with Crippen LogP contribution in [0.15, 0.2) is 188 Å². The zero-order valence-corrected chi connectivity index (χ0v) is 27.7. The van der Waals surface area contributed by atoms with E-state index in [9.17, 15) is 0 Å². The van der Waals surface area contributed by atoms with Gasteiger partial charge in [0.15, 0.2) is 0 Å². The molecule has 3 heteroatoms. The lowest BCUT2D eigenvalue weighted by Gasteiger charge is -2.15. The molecule has 11 aromatic rings. The predicted octanol–water partition coefficient (Wildman–Crippen LogP) is 12.6. The molecule has 0 N–H and O–H groups in total. The highest BCUT2D eigenvalue weighted by Gasteiger charge is 2.21. The number of para-hydroxylation sites is 5. The molecule has 3 nitrogen and oxygen atoms in total. The molecule has 0 aliphatic carbocycles. The molecular formula is C48H31N3. The number of benzene rings is 8. The highest BCUT2D eigenvalue weighted by Crippen LogP contribution is 2.41. The number of hydrogen-bond acceptors (Lipinski definition) is 0. The van der Waals surface area contributed by atoms with Crippen molar-refractivity contribution in [3.05, 3.63) is 188 Å². The van der Waals surface area contributed by atoms with E-state index >= 15 is 0 Å². The van der Waals surface area contributed by atoms with E-state index in [1.807, 2.05) is 0 Å². The minimum absolute atomic E-state index is 1.13. The van der Waals surface area contributed by atoms with Crippen LogP contribution in [-0.4, -0.2) is 13.7 Å². The van der Waals surface area contributed by atoms with Crippen LogP contribution in [0.5, 0.6) is 0 Å². The third kappa shape index (κ3) is 4.06. The fourth-order valence-corrected chi connectivity index (χ4v) is 8.46. The molecule has 238 valence electrons. The zero-order chi connectivity index (χ0) is 33.5. The third-order valence-electron chi connectivity index (χ3n) is 10.6. The van der Waals surface area contributed by atoms with Crippen LogP contribution in [0.25, 0.3) is 93.6 Å². The maximum Gasteiger partial charge on any atom is 0.0782 e. The molecule has 0 atom stereocenters. The summed E-state index contributed by atoms with van der Waals surface area (Å²) in [5.41, 5.74) is 13.0. The second kappa shape index (κ2) is 10.8. The molecular weight excluding hydrogens is 619 g/mol. The lowest BCUT2D eigenvalue weighted by atomic mass is 10.1. The van der Waals surface area contributed by atoms with Crippen molar-refractivity contribution in [2.75, 3.05) is 0 Å². The summed E-state index contributed by atoms with van der Waals surface area (Å²) in [5.74, 6) is 0. The average Bonchev–Trinajstić information content (AvgIpc) is 3.84. The molecule has 0 unspecified atom stereocenters. The van der Waals surface area contributed by atoms with Gasteiger partial charge in [-0.1, -0.05) is 127 Å². The van der Waals surface area contributed by atoms with Crippen LogP contribution in [0.4, 0.5) is 0 Å². The second-order valence-electron chi connectivity index (χ2n) is 13.4. The number of aromatic nitrogens is 3. The fourth-order valence-electron chi connectivity index (χ4n) is 8.46. The van der Waals surface area contributed by atoms with Crippen LogP contribution in [0.1, 0.15) is 0 Å². The first kappa shape index (κ1) is 28.0. The monoisotopic (exact) mass is 649 g/mol. The Balaban J connectivity index is 1.27. The SMILES string of the molecule is c1ccc(-c2cccc(-n3c4ccc(-n5c6ccccc6c6ccccc65)cc4c4cccc(-n5c6ccccc6c6ccccc65)c43)c2)cc1. The Labute approximate surface area is 294 Å². The van der Waals surface area contributed by atoms with E-state index in [0.717, 1.165) is 17.1 Å². The highest BCUT2D eigenvalue weighted by molar-refractivity contribution is 6.16. The quantitative estimate of drug-likeness (QED) is 0.180. The molecule has 0 fully saturated rings. The maximum absolute atomic E-state index is 2.48. The van der Waals surface area contributed by atoms with Crippen LogP contribution in [0.2, 0.25) is 0 Å². The molecule has 0 radical (unpaired) electrons. The van der Waals surface area contributed by atoms with E-state index in [1.54, 1.807) is 0 Å². The summed E-state index contributed by atoms with van der Waals surface area (Å²) in [7, 11) is 0. The molecule has 8 aromatic carbocycles. The van der Waals surface area contributed by atoms with Gasteiger partial charge in [0.2, 0.25) is 0 Å². The van der Waals surface area contributed by atoms with Crippen LogP contribution < -0.4 is 0 Å². The van der Waals surface area contributed by atoms with Crippen molar-refractivity contribution < 1.29 is 0 Å². The number of nitrogens with zero attached hydrogens (tertiary/aromatic N) is 3. The predicted molar refractivity (Wildman–Crippen MR) is 215 cm³/mol. The van der Waals surface area contributed by atoms with Crippen molar-refractivity contribution in [3.63, 3.8) is 0 Å². The first-order valence-corrected chi connectivity index (χ1v) is 17.5. The standard InChI is InChI=1S/C48H31N3/c1-2-14-32(15-3-1)33-16-12-17-34(30-33)50-46-29-28-35(49-42-23-8-4-18-36(42)37-19-5-9-24-43(37)49)31-41(46)40-22-13-27-47(48(40)50)51-44-25-10-6-20-38(44)39-21-7-11-26-45(39)51/h1-31H. The van der Waals surface area contributed by atoms with E-state index in [1.165, 1.54) is 76.5 Å². The maximum atomic E-state index is 2.48. The van der Waals surface area contributed by atoms with Gasteiger partial charge in [-0.15, -0.1) is 0 Å². The van der Waals surface area contributed by atoms with Crippen molar-refractivity contribution in [3.8, 4) is 28.2 Å². The van der Waals surface area contributed by atoms with Gasteiger partial charge in [0.1, 0.15) is 0 Å². The lowest BCUT2D eigenvalue weighted by molar-refractivity contribution is 1.13. The molecule has 0 aliphatic heterocycles. The Morgan fingerprint density at radius 1 is 0.255 bits per heavy atom. The zero-order valence-electron chi connectivity index (χ0n) is 27.7. The summed E-state index contributed by atoms with van der Waals surface area (Å²) in [6.07, 6.45) is 0. The molecule has 0 saturated heterocycles. The molecule has 0 spiro atoms. The summed E-state index contributed by atoms with van der Waals surface area (Å²) >= 11 is 0. The summed E-state index contributed by atoms with van der Waals surface area (Å²) in [6, 6.07) is 68.5. The normalized spacial score (nSPS) is 11.9. The van der Waals surface area contributed by atoms with Gasteiger partial charge in [-0.25, -0.2) is 0 Å². The van der Waals surface area contributed by atoms with E-state index in [-0.39, 0.29) is 0 Å². The van der Waals surface area contributed by atoms with Crippen LogP contribution in [0, 0.1) is 0 Å². The molecule has 11 rings (SSSR count). The summed E-state index contributed by atoms with van der Waals surface area (Å²) in [4.78, 5) is 0. The Morgan fingerprint density at radius 2 is 0.725 bits per heavy atom. The van der Waals surface area contributed by atoms with Crippen molar-refractivity contribution in [2.24, 2.45) is 0 Å². The van der Waals surface area contributed by atoms with E-state index in [0.29, 0.717) is 0 Å². The third-order valence-corrected chi connectivity index (χ3v) is 10.6. The van der Waals surface area contributed by atoms with Gasteiger partial charge < -0.3 is 13.7 Å². The smallest absolute Gasteiger partial charge is 0.0782 e. The first-order valence-electron chi connectivity index (χ1n) is 17.5. The van der Waals surface area contributed by atoms with Crippen LogP contribution in [-0.2, 0) is 0 Å². The van der Waals surface area contributed by atoms with Gasteiger partial charge in [-0.05, 0) is 71.8 Å². The largest absolute Gasteiger partial charge is 0.309 e. The number of rotatable bonds is 4. The minimum atomic E-state index is 1.13. The molecule has 0 bridgehead atoms. The Hall–Kier alpha value is -6.84. The van der Waals surface area contributed by atoms with Crippen LogP contribution in [0.3, 0.4) is 0 Å². The van der Waals surface area contributed by atoms with Crippen molar-refractivity contribution in [1.82, 2.24) is 13.7 Å². The van der Waals surface area contributed by atoms with Crippen molar-refractivity contribution >= 4 is 65.4 Å². The van der Waals surface area contributed by atoms with E-state index in [2.05, 4.69) is 202 Å². The topological polar surface area (TPSA) is 14.8 Å². The van der Waals surface area contributed by atoms with Gasteiger partial charge in [0.25, 0.3) is 0 Å². The van der Waals surface area contributed by atoms with Gasteiger partial charge in [0, 0.05) is 43.7 Å². The average molecular weight is 650 g/mol. The summed E-state index contributed by atoms with van der Waals surface area (Å²) in [6.45, 7) is 0. The van der Waals surface area contributed by atoms with Crippen molar-refractivity contribution in [2.45, 2.75) is 0 Å². The van der Waals surface area contributed by atoms with Gasteiger partial charge in [-0.2, -0.15) is 0 Å². The molecule has 3 heterocycles. The van der Waals surface area contributed by atoms with Gasteiger partial charge in [0.05, 0.1) is 38.8 Å². The minimum Gasteiger partial charge on any atom is -0.309 e. The molecule has 3 aromatic heterocycles. The van der Waals surface area contributed by atoms with Crippen molar-refractivity contribution in [1.29, 1.82) is 0 Å². The second-order valence-corrected chi connectivity index (χ2v) is 13.4. The molecule has 0 amide bonds. The molecule has 51 heavy (non-hydrogen) atoms. The Kier molecular flexibility index (Phi) is 5.96. The number of hydrogen-bond donors (Lipinski definition) is 0. The summed E-state index contributed by atoms with van der Waals surface area (Å²) in [5, 5.41) is 7.48.